The number of aliphatic hydroxyl groups excluding tert-OH is 1. The second-order valence-electron chi connectivity index (χ2n) is 4.89. The number of aromatic nitrogens is 1. The molecule has 20 heavy (non-hydrogen) atoms. The molecule has 0 bridgehead atoms. The van der Waals surface area contributed by atoms with Crippen molar-refractivity contribution in [3.63, 3.8) is 0 Å². The highest BCUT2D eigenvalue weighted by Crippen LogP contribution is 2.26. The number of hydrogen-bond acceptors (Lipinski definition) is 6. The van der Waals surface area contributed by atoms with Crippen LogP contribution in [0.5, 0.6) is 0 Å². The molecule has 0 unspecified atom stereocenters. The molecule has 6 nitrogen and oxygen atoms in total. The molecule has 0 aliphatic rings. The molecule has 0 aromatic carbocycles. The topological polar surface area (TPSA) is 90.7 Å². The molecule has 8 heteroatoms. The minimum atomic E-state index is -1.11. The Bertz CT molecular complexity index is 466. The molecule has 0 fully saturated rings. The van der Waals surface area contributed by atoms with Crippen LogP contribution in [0.15, 0.2) is 5.38 Å². The van der Waals surface area contributed by atoms with Crippen LogP contribution in [-0.4, -0.2) is 52.7 Å². The molecule has 1 aromatic rings. The number of rotatable bonds is 8. The molecule has 1 rings (SSSR count). The van der Waals surface area contributed by atoms with Crippen molar-refractivity contribution >= 4 is 30.9 Å². The summed E-state index contributed by atoms with van der Waals surface area (Å²) < 4.78 is 0. The van der Waals surface area contributed by atoms with E-state index in [-0.39, 0.29) is 17.7 Å². The van der Waals surface area contributed by atoms with Gasteiger partial charge in [0.15, 0.2) is 5.69 Å². The van der Waals surface area contributed by atoms with Crippen molar-refractivity contribution in [1.82, 2.24) is 9.79 Å². The van der Waals surface area contributed by atoms with Gasteiger partial charge in [0.25, 0.3) is 7.41 Å². The predicted octanol–water partition coefficient (Wildman–Crippen LogP) is 1.03. The number of carbonyl (C=O) groups is 2. The van der Waals surface area contributed by atoms with Crippen LogP contribution < -0.4 is 0 Å². The Hall–Kier alpha value is -1.25. The smallest absolute Gasteiger partial charge is 0.355 e. The molecule has 0 aliphatic heterocycles. The highest BCUT2D eigenvalue weighted by molar-refractivity contribution is 7.09. The Morgan fingerprint density at radius 3 is 2.70 bits per heavy atom. The van der Waals surface area contributed by atoms with E-state index in [1.165, 1.54) is 12.8 Å². The second-order valence-corrected chi connectivity index (χ2v) is 5.78. The molecular weight excluding hydrogens is 279 g/mol. The number of carbonyl (C=O) groups excluding carboxylic acids is 1. The maximum Gasteiger partial charge on any atom is 0.355 e. The Morgan fingerprint density at radius 2 is 2.25 bits per heavy atom. The minimum Gasteiger partial charge on any atom is -0.476 e. The highest BCUT2D eigenvalue weighted by atomic mass is 32.1. The van der Waals surface area contributed by atoms with E-state index in [1.54, 1.807) is 11.9 Å². The van der Waals surface area contributed by atoms with Gasteiger partial charge in [0.2, 0.25) is 0 Å². The molecule has 0 amide bonds. The van der Waals surface area contributed by atoms with E-state index in [1.807, 2.05) is 13.8 Å². The average molecular weight is 297 g/mol. The molecule has 0 saturated heterocycles. The Kier molecular flexibility index (Phi) is 6.32. The summed E-state index contributed by atoms with van der Waals surface area (Å²) in [6.45, 7) is 3.99. The summed E-state index contributed by atoms with van der Waals surface area (Å²) in [5, 5.41) is 20.8. The maximum atomic E-state index is 10.8. The standard InChI is InChI=1S/C12H18BN2O4S/c1-7(2)9(15(3)13-6-16)4-10(17)11-14-8(5-20-11)12(18)19/h5-7,9-10,17H,4H2,1-3H3,(H,18,19)/t9-,10+/m0/s1. The van der Waals surface area contributed by atoms with Crippen molar-refractivity contribution in [2.45, 2.75) is 32.4 Å². The molecule has 0 spiro atoms. The summed E-state index contributed by atoms with van der Waals surface area (Å²) in [5.41, 5.74) is -0.0574. The number of nitrogens with zero attached hydrogens (tertiary/aromatic N) is 2. The summed E-state index contributed by atoms with van der Waals surface area (Å²) in [4.78, 5) is 27.0. The number of aliphatic hydroxyl groups is 1. The van der Waals surface area contributed by atoms with Gasteiger partial charge in [-0.05, 0) is 19.4 Å². The number of hydrogen-bond donors (Lipinski definition) is 2. The lowest BCUT2D eigenvalue weighted by atomic mass is 9.86. The fraction of sp³-hybridized carbons (Fsp3) is 0.583. The minimum absolute atomic E-state index is 0.0348. The lowest BCUT2D eigenvalue weighted by Crippen LogP contribution is -2.40. The van der Waals surface area contributed by atoms with Gasteiger partial charge in [-0.2, -0.15) is 0 Å². The highest BCUT2D eigenvalue weighted by Gasteiger charge is 2.25. The van der Waals surface area contributed by atoms with Gasteiger partial charge in [0.05, 0.1) is 6.19 Å². The normalized spacial score (nSPS) is 14.3. The monoisotopic (exact) mass is 297 g/mol. The quantitative estimate of drug-likeness (QED) is 0.550. The lowest BCUT2D eigenvalue weighted by Gasteiger charge is -2.31. The van der Waals surface area contributed by atoms with Gasteiger partial charge in [-0.15, -0.1) is 11.3 Å². The van der Waals surface area contributed by atoms with E-state index >= 15 is 0 Å². The number of thiazole rings is 1. The van der Waals surface area contributed by atoms with Crippen LogP contribution in [0.1, 0.15) is 41.9 Å². The van der Waals surface area contributed by atoms with Gasteiger partial charge >= 0.3 is 5.97 Å². The summed E-state index contributed by atoms with van der Waals surface area (Å²) in [6.07, 6.45) is 0.238. The van der Waals surface area contributed by atoms with E-state index in [4.69, 9.17) is 5.11 Å². The predicted molar refractivity (Wildman–Crippen MR) is 77.5 cm³/mol. The van der Waals surface area contributed by atoms with Crippen LogP contribution in [0.4, 0.5) is 0 Å². The van der Waals surface area contributed by atoms with E-state index in [0.717, 1.165) is 11.3 Å². The third kappa shape index (κ3) is 4.40. The van der Waals surface area contributed by atoms with Crippen LogP contribution in [0.3, 0.4) is 0 Å². The first-order chi connectivity index (χ1) is 9.36. The molecule has 1 radical (unpaired) electrons. The van der Waals surface area contributed by atoms with Crippen LogP contribution in [0, 0.1) is 5.92 Å². The van der Waals surface area contributed by atoms with Gasteiger partial charge < -0.3 is 19.8 Å². The number of aromatic carboxylic acids is 1. The van der Waals surface area contributed by atoms with Crippen LogP contribution in [-0.2, 0) is 4.79 Å². The van der Waals surface area contributed by atoms with Crippen LogP contribution >= 0.6 is 11.3 Å². The van der Waals surface area contributed by atoms with Crippen molar-refractivity contribution in [1.29, 1.82) is 0 Å². The van der Waals surface area contributed by atoms with E-state index in [9.17, 15) is 14.7 Å². The van der Waals surface area contributed by atoms with Crippen molar-refractivity contribution < 1.29 is 19.8 Å². The Balaban J connectivity index is 2.76. The Morgan fingerprint density at radius 1 is 1.60 bits per heavy atom. The van der Waals surface area contributed by atoms with Crippen molar-refractivity contribution in [2.24, 2.45) is 5.92 Å². The number of carboxylic acids is 1. The van der Waals surface area contributed by atoms with Gasteiger partial charge in [0, 0.05) is 11.4 Å². The zero-order chi connectivity index (χ0) is 15.3. The second kappa shape index (κ2) is 7.51. The van der Waals surface area contributed by atoms with Crippen molar-refractivity contribution in [2.75, 3.05) is 7.05 Å². The Labute approximate surface area is 122 Å². The third-order valence-corrected chi connectivity index (χ3v) is 4.03. The van der Waals surface area contributed by atoms with Gasteiger partial charge in [-0.3, -0.25) is 0 Å². The van der Waals surface area contributed by atoms with E-state index in [0.29, 0.717) is 17.6 Å². The summed E-state index contributed by atoms with van der Waals surface area (Å²) in [6, 6.07) is -0.0348. The zero-order valence-electron chi connectivity index (χ0n) is 11.7. The van der Waals surface area contributed by atoms with Crippen LogP contribution in [0.25, 0.3) is 0 Å². The molecule has 1 heterocycles. The molecule has 109 valence electrons. The fourth-order valence-corrected chi connectivity index (χ4v) is 2.77. The number of carboxylic acid groups (broad SMARTS) is 1. The molecule has 1 aromatic heterocycles. The van der Waals surface area contributed by atoms with E-state index in [2.05, 4.69) is 4.98 Å². The summed E-state index contributed by atoms with van der Waals surface area (Å²) >= 11 is 1.12. The fourth-order valence-electron chi connectivity index (χ4n) is 1.98. The first-order valence-electron chi connectivity index (χ1n) is 6.24. The maximum absolute atomic E-state index is 10.8. The molecule has 2 N–H and O–H groups in total. The molecule has 0 aliphatic carbocycles. The molecule has 2 atom stereocenters. The molecule has 0 saturated carbocycles. The van der Waals surface area contributed by atoms with Gasteiger partial charge in [-0.25, -0.2) is 9.78 Å². The van der Waals surface area contributed by atoms with Crippen molar-refractivity contribution in [3.8, 4) is 0 Å². The largest absolute Gasteiger partial charge is 0.476 e. The summed E-state index contributed by atoms with van der Waals surface area (Å²) in [7, 11) is 3.19. The van der Waals surface area contributed by atoms with E-state index < -0.39 is 12.1 Å². The summed E-state index contributed by atoms with van der Waals surface area (Å²) in [5.74, 6) is -0.878. The zero-order valence-corrected chi connectivity index (χ0v) is 12.5. The first-order valence-corrected chi connectivity index (χ1v) is 7.12. The molecular formula is C12H18BN2O4S. The van der Waals surface area contributed by atoms with Gasteiger partial charge in [0.1, 0.15) is 11.1 Å². The third-order valence-electron chi connectivity index (χ3n) is 3.08. The SMILES string of the molecule is CC(C)[C@H](C[C@@H](O)c1nc(C(=O)O)cs1)N(C)[B]C=O. The average Bonchev–Trinajstić information content (AvgIpc) is 2.85. The first kappa shape index (κ1) is 16.8. The van der Waals surface area contributed by atoms with Crippen LogP contribution in [0.2, 0.25) is 0 Å². The van der Waals surface area contributed by atoms with Crippen molar-refractivity contribution in [3.05, 3.63) is 16.1 Å². The lowest BCUT2D eigenvalue weighted by molar-refractivity contribution is 0.0690. The van der Waals surface area contributed by atoms with Gasteiger partial charge in [-0.1, -0.05) is 13.8 Å².